The zero-order valence-corrected chi connectivity index (χ0v) is 8.77. The van der Waals surface area contributed by atoms with Crippen LogP contribution in [0, 0.1) is 6.92 Å². The number of hydrogen-bond donors (Lipinski definition) is 1. The molecule has 0 spiro atoms. The molecule has 0 saturated heterocycles. The molecule has 78 valence electrons. The first-order valence-corrected chi connectivity index (χ1v) is 4.66. The number of ether oxygens (including phenoxy) is 1. The van der Waals surface area contributed by atoms with Crippen molar-refractivity contribution >= 4 is 5.95 Å². The van der Waals surface area contributed by atoms with E-state index < -0.39 is 0 Å². The Morgan fingerprint density at radius 3 is 2.73 bits per heavy atom. The summed E-state index contributed by atoms with van der Waals surface area (Å²) in [6.45, 7) is 2.01. The Hall–Kier alpha value is -1.97. The summed E-state index contributed by atoms with van der Waals surface area (Å²) in [6.07, 6.45) is 3.52. The minimum absolute atomic E-state index is 0.489. The number of nitrogen functional groups attached to an aromatic ring is 1. The number of rotatable bonds is 2. The van der Waals surface area contributed by atoms with E-state index in [2.05, 4.69) is 4.98 Å². The SMILES string of the molecule is COc1ccc(-n2ccnc2N)c(C)c1. The van der Waals surface area contributed by atoms with Crippen molar-refractivity contribution in [3.8, 4) is 11.4 Å². The van der Waals surface area contributed by atoms with E-state index in [4.69, 9.17) is 10.5 Å². The molecule has 1 aromatic heterocycles. The van der Waals surface area contributed by atoms with Crippen LogP contribution in [0.1, 0.15) is 5.56 Å². The Morgan fingerprint density at radius 2 is 2.20 bits per heavy atom. The topological polar surface area (TPSA) is 53.1 Å². The summed E-state index contributed by atoms with van der Waals surface area (Å²) >= 11 is 0. The van der Waals surface area contributed by atoms with Gasteiger partial charge in [-0.1, -0.05) is 0 Å². The molecule has 0 radical (unpaired) electrons. The Kier molecular flexibility index (Phi) is 2.33. The molecule has 0 aliphatic heterocycles. The maximum absolute atomic E-state index is 5.73. The second-order valence-corrected chi connectivity index (χ2v) is 3.31. The van der Waals surface area contributed by atoms with Gasteiger partial charge in [0.2, 0.25) is 5.95 Å². The van der Waals surface area contributed by atoms with Crippen molar-refractivity contribution in [2.24, 2.45) is 0 Å². The number of nitrogens with zero attached hydrogens (tertiary/aromatic N) is 2. The van der Waals surface area contributed by atoms with E-state index in [1.807, 2.05) is 35.9 Å². The van der Waals surface area contributed by atoms with E-state index in [1.165, 1.54) is 0 Å². The highest BCUT2D eigenvalue weighted by atomic mass is 16.5. The summed E-state index contributed by atoms with van der Waals surface area (Å²) < 4.78 is 6.98. The number of imidazole rings is 1. The number of anilines is 1. The molecule has 2 rings (SSSR count). The third-order valence-electron chi connectivity index (χ3n) is 2.33. The fraction of sp³-hybridized carbons (Fsp3) is 0.182. The summed E-state index contributed by atoms with van der Waals surface area (Å²) in [5, 5.41) is 0. The number of methoxy groups -OCH3 is 1. The normalized spacial score (nSPS) is 10.3. The Bertz CT molecular complexity index is 476. The van der Waals surface area contributed by atoms with Gasteiger partial charge >= 0.3 is 0 Å². The molecular formula is C11H13N3O. The van der Waals surface area contributed by atoms with Crippen LogP contribution in [0.25, 0.3) is 5.69 Å². The summed E-state index contributed by atoms with van der Waals surface area (Å²) in [6, 6.07) is 5.84. The lowest BCUT2D eigenvalue weighted by Gasteiger charge is -2.09. The van der Waals surface area contributed by atoms with Crippen molar-refractivity contribution < 1.29 is 4.74 Å². The lowest BCUT2D eigenvalue weighted by atomic mass is 10.2. The van der Waals surface area contributed by atoms with Crippen molar-refractivity contribution in [3.63, 3.8) is 0 Å². The molecule has 2 N–H and O–H groups in total. The molecule has 1 heterocycles. The number of aromatic nitrogens is 2. The molecule has 0 bridgehead atoms. The maximum atomic E-state index is 5.73. The molecule has 0 saturated carbocycles. The lowest BCUT2D eigenvalue weighted by molar-refractivity contribution is 0.414. The van der Waals surface area contributed by atoms with Crippen LogP contribution in [-0.2, 0) is 0 Å². The molecule has 4 heteroatoms. The van der Waals surface area contributed by atoms with Crippen molar-refractivity contribution in [2.45, 2.75) is 6.92 Å². The van der Waals surface area contributed by atoms with Crippen molar-refractivity contribution in [1.82, 2.24) is 9.55 Å². The van der Waals surface area contributed by atoms with Gasteiger partial charge in [0.25, 0.3) is 0 Å². The third-order valence-corrected chi connectivity index (χ3v) is 2.33. The molecular weight excluding hydrogens is 190 g/mol. The van der Waals surface area contributed by atoms with Gasteiger partial charge in [0.1, 0.15) is 5.75 Å². The van der Waals surface area contributed by atoms with Gasteiger partial charge in [0.15, 0.2) is 0 Å². The first-order chi connectivity index (χ1) is 7.22. The van der Waals surface area contributed by atoms with Gasteiger partial charge in [-0.3, -0.25) is 4.57 Å². The number of hydrogen-bond acceptors (Lipinski definition) is 3. The van der Waals surface area contributed by atoms with Crippen LogP contribution in [0.5, 0.6) is 5.75 Å². The van der Waals surface area contributed by atoms with E-state index in [9.17, 15) is 0 Å². The minimum Gasteiger partial charge on any atom is -0.497 e. The average molecular weight is 203 g/mol. The summed E-state index contributed by atoms with van der Waals surface area (Å²) in [4.78, 5) is 3.99. The van der Waals surface area contributed by atoms with Crippen LogP contribution in [-0.4, -0.2) is 16.7 Å². The van der Waals surface area contributed by atoms with Crippen LogP contribution in [0.2, 0.25) is 0 Å². The second kappa shape index (κ2) is 3.65. The molecule has 1 aromatic carbocycles. The van der Waals surface area contributed by atoms with Gasteiger partial charge < -0.3 is 10.5 Å². The van der Waals surface area contributed by atoms with Crippen molar-refractivity contribution in [1.29, 1.82) is 0 Å². The fourth-order valence-electron chi connectivity index (χ4n) is 1.54. The highest BCUT2D eigenvalue weighted by Crippen LogP contribution is 2.21. The monoisotopic (exact) mass is 203 g/mol. The molecule has 0 unspecified atom stereocenters. The third kappa shape index (κ3) is 1.66. The molecule has 15 heavy (non-hydrogen) atoms. The predicted molar refractivity (Wildman–Crippen MR) is 59.3 cm³/mol. The summed E-state index contributed by atoms with van der Waals surface area (Å²) in [7, 11) is 1.65. The highest BCUT2D eigenvalue weighted by Gasteiger charge is 2.05. The lowest BCUT2D eigenvalue weighted by Crippen LogP contribution is -2.01. The van der Waals surface area contributed by atoms with E-state index in [-0.39, 0.29) is 0 Å². The van der Waals surface area contributed by atoms with Crippen molar-refractivity contribution in [3.05, 3.63) is 36.2 Å². The average Bonchev–Trinajstić information content (AvgIpc) is 2.64. The number of nitrogens with two attached hydrogens (primary N) is 1. The van der Waals surface area contributed by atoms with Crippen LogP contribution < -0.4 is 10.5 Å². The molecule has 0 amide bonds. The first-order valence-electron chi connectivity index (χ1n) is 4.66. The minimum atomic E-state index is 0.489. The van der Waals surface area contributed by atoms with Gasteiger partial charge in [-0.15, -0.1) is 0 Å². The second-order valence-electron chi connectivity index (χ2n) is 3.31. The fourth-order valence-corrected chi connectivity index (χ4v) is 1.54. The smallest absolute Gasteiger partial charge is 0.204 e. The molecule has 0 atom stereocenters. The standard InChI is InChI=1S/C11H13N3O/c1-8-7-9(15-2)3-4-10(8)14-6-5-13-11(14)12/h3-7H,1-2H3,(H2,12,13). The molecule has 0 aliphatic carbocycles. The Morgan fingerprint density at radius 1 is 1.40 bits per heavy atom. The maximum Gasteiger partial charge on any atom is 0.204 e. The molecule has 4 nitrogen and oxygen atoms in total. The largest absolute Gasteiger partial charge is 0.497 e. The van der Waals surface area contributed by atoms with Gasteiger partial charge in [0, 0.05) is 12.4 Å². The van der Waals surface area contributed by atoms with Gasteiger partial charge in [0.05, 0.1) is 12.8 Å². The Balaban J connectivity index is 2.50. The molecule has 2 aromatic rings. The summed E-state index contributed by atoms with van der Waals surface area (Å²) in [5.41, 5.74) is 7.85. The van der Waals surface area contributed by atoms with Crippen LogP contribution in [0.4, 0.5) is 5.95 Å². The van der Waals surface area contributed by atoms with E-state index in [0.717, 1.165) is 17.0 Å². The zero-order valence-electron chi connectivity index (χ0n) is 8.77. The van der Waals surface area contributed by atoms with Crippen molar-refractivity contribution in [2.75, 3.05) is 12.8 Å². The van der Waals surface area contributed by atoms with E-state index >= 15 is 0 Å². The zero-order chi connectivity index (χ0) is 10.8. The van der Waals surface area contributed by atoms with Crippen LogP contribution in [0.3, 0.4) is 0 Å². The van der Waals surface area contributed by atoms with E-state index in [1.54, 1.807) is 13.3 Å². The first kappa shape index (κ1) is 9.58. The summed E-state index contributed by atoms with van der Waals surface area (Å²) in [5.74, 6) is 1.33. The van der Waals surface area contributed by atoms with Crippen LogP contribution >= 0.6 is 0 Å². The molecule has 0 fully saturated rings. The highest BCUT2D eigenvalue weighted by molar-refractivity contribution is 5.48. The van der Waals surface area contributed by atoms with E-state index in [0.29, 0.717) is 5.95 Å². The Labute approximate surface area is 88.3 Å². The predicted octanol–water partition coefficient (Wildman–Crippen LogP) is 1.77. The number of aryl methyl sites for hydroxylation is 1. The van der Waals surface area contributed by atoms with Gasteiger partial charge in [-0.25, -0.2) is 4.98 Å². The van der Waals surface area contributed by atoms with Gasteiger partial charge in [-0.2, -0.15) is 0 Å². The van der Waals surface area contributed by atoms with Gasteiger partial charge in [-0.05, 0) is 30.7 Å². The van der Waals surface area contributed by atoms with Crippen LogP contribution in [0.15, 0.2) is 30.6 Å². The molecule has 0 aliphatic rings. The quantitative estimate of drug-likeness (QED) is 0.809. The number of benzene rings is 1.